The number of benzene rings is 1. The van der Waals surface area contributed by atoms with Crippen LogP contribution in [0.4, 0.5) is 0 Å². The predicted molar refractivity (Wildman–Crippen MR) is 129 cm³/mol. The van der Waals surface area contributed by atoms with Crippen molar-refractivity contribution in [3.05, 3.63) is 48.0 Å². The van der Waals surface area contributed by atoms with Gasteiger partial charge in [-0.1, -0.05) is 55.8 Å². The van der Waals surface area contributed by atoms with Gasteiger partial charge in [0, 0.05) is 25.6 Å². The molecule has 34 heavy (non-hydrogen) atoms. The van der Waals surface area contributed by atoms with Gasteiger partial charge in [-0.15, -0.1) is 0 Å². The van der Waals surface area contributed by atoms with Crippen molar-refractivity contribution in [1.82, 2.24) is 10.2 Å². The summed E-state index contributed by atoms with van der Waals surface area (Å²) in [4.78, 5) is 41.8. The van der Waals surface area contributed by atoms with Crippen LogP contribution >= 0.6 is 0 Å². The van der Waals surface area contributed by atoms with Crippen LogP contribution in [0.15, 0.2) is 42.5 Å². The summed E-state index contributed by atoms with van der Waals surface area (Å²) in [7, 11) is 0. The Labute approximate surface area is 202 Å². The normalized spacial score (nSPS) is 25.8. The highest BCUT2D eigenvalue weighted by Gasteiger charge is 2.57. The number of ether oxygens (including phenoxy) is 1. The van der Waals surface area contributed by atoms with Gasteiger partial charge in [0.15, 0.2) is 0 Å². The molecule has 0 radical (unpaired) electrons. The van der Waals surface area contributed by atoms with Crippen LogP contribution in [-0.2, 0) is 25.7 Å². The molecule has 1 heterocycles. The Hall–Kier alpha value is -2.67. The molecule has 0 bridgehead atoms. The van der Waals surface area contributed by atoms with E-state index in [1.807, 2.05) is 42.5 Å². The Bertz CT molecular complexity index is 856. The van der Waals surface area contributed by atoms with Crippen LogP contribution in [0.2, 0.25) is 0 Å². The molecule has 1 saturated heterocycles. The number of aliphatic hydroxyl groups is 1. The van der Waals surface area contributed by atoms with Gasteiger partial charge in [0.1, 0.15) is 6.04 Å². The molecule has 0 spiro atoms. The number of aliphatic hydroxyl groups excluding tert-OH is 1. The van der Waals surface area contributed by atoms with Crippen LogP contribution in [0, 0.1) is 23.7 Å². The number of nitrogens with one attached hydrogen (secondary N) is 1. The summed E-state index contributed by atoms with van der Waals surface area (Å²) in [5, 5.41) is 12.1. The first-order valence-corrected chi connectivity index (χ1v) is 12.6. The van der Waals surface area contributed by atoms with E-state index in [4.69, 9.17) is 9.84 Å². The Morgan fingerprint density at radius 2 is 1.85 bits per heavy atom. The summed E-state index contributed by atoms with van der Waals surface area (Å²) < 4.78 is 5.39. The summed E-state index contributed by atoms with van der Waals surface area (Å²) in [6, 6.07) is 9.00. The van der Waals surface area contributed by atoms with Crippen molar-refractivity contribution in [3.63, 3.8) is 0 Å². The summed E-state index contributed by atoms with van der Waals surface area (Å²) in [5.74, 6) is -2.30. The number of unbranched alkanes of at least 4 members (excludes halogenated alkanes) is 2. The largest absolute Gasteiger partial charge is 0.466 e. The van der Waals surface area contributed by atoms with E-state index in [0.29, 0.717) is 25.9 Å². The molecule has 1 aliphatic heterocycles. The minimum absolute atomic E-state index is 0.0726. The van der Waals surface area contributed by atoms with Crippen LogP contribution in [-0.4, -0.2) is 53.6 Å². The molecule has 2 amide bonds. The number of carbonyl (C=O) groups excluding carboxylic acids is 3. The van der Waals surface area contributed by atoms with Crippen molar-refractivity contribution in [2.24, 2.45) is 23.7 Å². The van der Waals surface area contributed by atoms with Crippen LogP contribution in [0.1, 0.15) is 51.5 Å². The van der Waals surface area contributed by atoms with E-state index in [1.54, 1.807) is 11.8 Å². The lowest BCUT2D eigenvalue weighted by atomic mass is 9.69. The van der Waals surface area contributed by atoms with Gasteiger partial charge in [0.2, 0.25) is 11.8 Å². The minimum Gasteiger partial charge on any atom is -0.466 e. The average Bonchev–Trinajstić information content (AvgIpc) is 3.12. The van der Waals surface area contributed by atoms with Crippen molar-refractivity contribution >= 4 is 17.8 Å². The Morgan fingerprint density at radius 3 is 2.53 bits per heavy atom. The van der Waals surface area contributed by atoms with Crippen molar-refractivity contribution in [2.45, 2.75) is 58.5 Å². The topological polar surface area (TPSA) is 95.9 Å². The molecule has 7 heteroatoms. The molecular formula is C27H38N2O5. The fourth-order valence-corrected chi connectivity index (χ4v) is 5.37. The van der Waals surface area contributed by atoms with E-state index in [0.717, 1.165) is 24.8 Å². The van der Waals surface area contributed by atoms with Gasteiger partial charge in [-0.3, -0.25) is 14.4 Å². The van der Waals surface area contributed by atoms with Crippen LogP contribution in [0.3, 0.4) is 0 Å². The van der Waals surface area contributed by atoms with Gasteiger partial charge >= 0.3 is 5.97 Å². The molecule has 2 aliphatic rings. The molecule has 1 aliphatic carbocycles. The smallest absolute Gasteiger partial charge is 0.310 e. The first-order valence-electron chi connectivity index (χ1n) is 12.6. The van der Waals surface area contributed by atoms with Gasteiger partial charge in [-0.05, 0) is 44.1 Å². The van der Waals surface area contributed by atoms with Crippen LogP contribution < -0.4 is 5.32 Å². The second kappa shape index (κ2) is 12.7. The highest BCUT2D eigenvalue weighted by molar-refractivity contribution is 5.96. The Kier molecular flexibility index (Phi) is 9.69. The number of likely N-dealkylation sites (tertiary alicyclic amines) is 1. The lowest BCUT2D eigenvalue weighted by Gasteiger charge is -2.33. The monoisotopic (exact) mass is 470 g/mol. The minimum atomic E-state index is -0.661. The number of carbonyl (C=O) groups is 3. The lowest BCUT2D eigenvalue weighted by Crippen LogP contribution is -2.47. The van der Waals surface area contributed by atoms with Gasteiger partial charge < -0.3 is 20.1 Å². The predicted octanol–water partition coefficient (Wildman–Crippen LogP) is 3.07. The SMILES string of the molecule is CCC[C@@H]1C=C[C@H]2[C@@H](C(=O)N(CCCCCO)[C@@H]2C(=O)NCc2ccccc2)[C@@H]1C(=O)OCC. The van der Waals surface area contributed by atoms with Crippen molar-refractivity contribution in [1.29, 1.82) is 0 Å². The maximum Gasteiger partial charge on any atom is 0.310 e. The molecular weight excluding hydrogens is 432 g/mol. The van der Waals surface area contributed by atoms with Gasteiger partial charge in [0.05, 0.1) is 18.4 Å². The first kappa shape index (κ1) is 25.9. The number of amides is 2. The van der Waals surface area contributed by atoms with E-state index < -0.39 is 17.9 Å². The van der Waals surface area contributed by atoms with E-state index >= 15 is 0 Å². The average molecular weight is 471 g/mol. The molecule has 0 aromatic heterocycles. The summed E-state index contributed by atoms with van der Waals surface area (Å²) in [5.41, 5.74) is 0.984. The maximum atomic E-state index is 13.7. The second-order valence-electron chi connectivity index (χ2n) is 9.18. The maximum absolute atomic E-state index is 13.7. The van der Waals surface area contributed by atoms with Crippen molar-refractivity contribution in [2.75, 3.05) is 19.8 Å². The zero-order valence-electron chi connectivity index (χ0n) is 20.3. The number of fused-ring (bicyclic) bond motifs is 1. The van der Waals surface area contributed by atoms with Gasteiger partial charge in [-0.25, -0.2) is 0 Å². The lowest BCUT2D eigenvalue weighted by molar-refractivity contribution is -0.155. The van der Waals surface area contributed by atoms with E-state index in [-0.39, 0.29) is 42.8 Å². The first-order chi connectivity index (χ1) is 16.5. The molecule has 5 atom stereocenters. The zero-order chi connectivity index (χ0) is 24.5. The molecule has 2 N–H and O–H groups in total. The molecule has 0 saturated carbocycles. The van der Waals surface area contributed by atoms with Crippen LogP contribution in [0.25, 0.3) is 0 Å². The van der Waals surface area contributed by atoms with E-state index in [1.165, 1.54) is 0 Å². The number of nitrogens with zero attached hydrogens (tertiary/aromatic N) is 1. The third-order valence-electron chi connectivity index (χ3n) is 6.93. The van der Waals surface area contributed by atoms with Gasteiger partial charge in [0.25, 0.3) is 0 Å². The Balaban J connectivity index is 1.87. The second-order valence-corrected chi connectivity index (χ2v) is 9.18. The number of esters is 1. The van der Waals surface area contributed by atoms with Crippen LogP contribution in [0.5, 0.6) is 0 Å². The molecule has 1 aromatic rings. The highest BCUT2D eigenvalue weighted by atomic mass is 16.5. The van der Waals surface area contributed by atoms with Crippen molar-refractivity contribution < 1.29 is 24.2 Å². The number of rotatable bonds is 12. The standard InChI is InChI=1S/C27H38N2O5/c1-3-11-20-14-15-21-23(22(20)27(33)34-4-2)26(32)29(16-9-6-10-17-30)24(21)25(31)28-18-19-12-7-5-8-13-19/h5,7-8,12-15,20-24,30H,3-4,6,9-11,16-18H2,1-2H3,(H,28,31)/t20-,21+,22-,23-,24+/m1/s1. The fraction of sp³-hybridized carbons (Fsp3) is 0.593. The molecule has 3 rings (SSSR count). The zero-order valence-corrected chi connectivity index (χ0v) is 20.3. The highest BCUT2D eigenvalue weighted by Crippen LogP contribution is 2.45. The number of hydrogen-bond acceptors (Lipinski definition) is 5. The number of hydrogen-bond donors (Lipinski definition) is 2. The third-order valence-corrected chi connectivity index (χ3v) is 6.93. The molecule has 186 valence electrons. The molecule has 0 unspecified atom stereocenters. The third kappa shape index (κ3) is 5.87. The van der Waals surface area contributed by atoms with Crippen molar-refractivity contribution in [3.8, 4) is 0 Å². The summed E-state index contributed by atoms with van der Waals surface area (Å²) in [6.07, 6.45) is 7.80. The quantitative estimate of drug-likeness (QED) is 0.278. The van der Waals surface area contributed by atoms with Gasteiger partial charge in [-0.2, -0.15) is 0 Å². The summed E-state index contributed by atoms with van der Waals surface area (Å²) >= 11 is 0. The molecule has 1 fully saturated rings. The number of allylic oxidation sites excluding steroid dienone is 1. The molecule has 7 nitrogen and oxygen atoms in total. The van der Waals surface area contributed by atoms with E-state index in [2.05, 4.69) is 12.2 Å². The van der Waals surface area contributed by atoms with E-state index in [9.17, 15) is 14.4 Å². The summed E-state index contributed by atoms with van der Waals surface area (Å²) in [6.45, 7) is 5.00. The molecule has 1 aromatic carbocycles. The fourth-order valence-electron chi connectivity index (χ4n) is 5.37. The Morgan fingerprint density at radius 1 is 1.09 bits per heavy atom.